The number of rotatable bonds is 1. The van der Waals surface area contributed by atoms with Crippen LogP contribution in [0, 0.1) is 0 Å². The summed E-state index contributed by atoms with van der Waals surface area (Å²) >= 11 is 0. The number of quaternary nitrogens is 1. The van der Waals surface area contributed by atoms with Gasteiger partial charge in [0.1, 0.15) is 6.04 Å². The maximum atomic E-state index is 11.5. The van der Waals surface area contributed by atoms with Gasteiger partial charge in [-0.25, -0.2) is 0 Å². The van der Waals surface area contributed by atoms with Gasteiger partial charge in [0.15, 0.2) is 0 Å². The predicted octanol–water partition coefficient (Wildman–Crippen LogP) is -0.275. The van der Waals surface area contributed by atoms with Gasteiger partial charge in [0.25, 0.3) is 5.56 Å². The first kappa shape index (κ1) is 8.51. The van der Waals surface area contributed by atoms with Crippen LogP contribution >= 0.6 is 0 Å². The quantitative estimate of drug-likeness (QED) is 0.611. The normalized spacial score (nSPS) is 27.8. The number of aromatic nitrogens is 1. The van der Waals surface area contributed by atoms with Crippen molar-refractivity contribution in [3.05, 3.63) is 34.2 Å². The van der Waals surface area contributed by atoms with Crippen molar-refractivity contribution in [3.63, 3.8) is 0 Å². The van der Waals surface area contributed by atoms with Gasteiger partial charge in [-0.3, -0.25) is 4.79 Å². The first-order chi connectivity index (χ1) is 6.29. The Kier molecular flexibility index (Phi) is 2.19. The molecule has 3 heteroatoms. The van der Waals surface area contributed by atoms with Crippen LogP contribution in [0.2, 0.25) is 0 Å². The van der Waals surface area contributed by atoms with Crippen LogP contribution < -0.4 is 10.5 Å². The third-order valence-electron chi connectivity index (χ3n) is 2.88. The number of nitrogens with one attached hydrogen (secondary N) is 2. The number of hydrogen-bond donors (Lipinski definition) is 2. The minimum Gasteiger partial charge on any atom is -0.331 e. The number of H-pyrrole nitrogens is 1. The zero-order valence-corrected chi connectivity index (χ0v) is 7.84. The molecule has 0 bridgehead atoms. The fourth-order valence-electron chi connectivity index (χ4n) is 2.14. The van der Waals surface area contributed by atoms with Crippen LogP contribution in [0.15, 0.2) is 23.1 Å². The van der Waals surface area contributed by atoms with E-state index in [4.69, 9.17) is 0 Å². The minimum atomic E-state index is 0.0775. The largest absolute Gasteiger partial charge is 0.331 e. The lowest BCUT2D eigenvalue weighted by atomic mass is 10.1. The van der Waals surface area contributed by atoms with Gasteiger partial charge in [-0.15, -0.1) is 0 Å². The summed E-state index contributed by atoms with van der Waals surface area (Å²) in [6.45, 7) is 1.18. The van der Waals surface area contributed by atoms with Crippen LogP contribution in [0.3, 0.4) is 0 Å². The van der Waals surface area contributed by atoms with Crippen molar-refractivity contribution in [1.82, 2.24) is 4.98 Å². The van der Waals surface area contributed by atoms with Crippen LogP contribution in [0.5, 0.6) is 0 Å². The Morgan fingerprint density at radius 2 is 2.46 bits per heavy atom. The summed E-state index contributed by atoms with van der Waals surface area (Å²) in [6, 6.07) is 4.26. The molecule has 1 aromatic heterocycles. The molecule has 1 aromatic rings. The smallest absolute Gasteiger partial charge is 0.257 e. The molecular formula is C10H15N2O+. The van der Waals surface area contributed by atoms with Crippen molar-refractivity contribution in [2.45, 2.75) is 18.9 Å². The van der Waals surface area contributed by atoms with Crippen LogP contribution in [0.25, 0.3) is 0 Å². The van der Waals surface area contributed by atoms with E-state index >= 15 is 0 Å². The Morgan fingerprint density at radius 3 is 3.08 bits per heavy atom. The molecule has 2 rings (SSSR count). The SMILES string of the molecule is C[NH+]1CCC[C@H]1c1ccc[nH]c1=O. The fraction of sp³-hybridized carbons (Fsp3) is 0.500. The summed E-state index contributed by atoms with van der Waals surface area (Å²) < 4.78 is 0. The lowest BCUT2D eigenvalue weighted by molar-refractivity contribution is -0.898. The third kappa shape index (κ3) is 1.52. The van der Waals surface area contributed by atoms with Crippen molar-refractivity contribution < 1.29 is 4.90 Å². The Bertz CT molecular complexity index is 345. The summed E-state index contributed by atoms with van der Waals surface area (Å²) in [7, 11) is 2.16. The van der Waals surface area contributed by atoms with E-state index in [2.05, 4.69) is 12.0 Å². The van der Waals surface area contributed by atoms with E-state index in [1.165, 1.54) is 17.9 Å². The van der Waals surface area contributed by atoms with Gasteiger partial charge in [-0.1, -0.05) is 0 Å². The molecule has 0 spiro atoms. The topological polar surface area (TPSA) is 37.3 Å². The Morgan fingerprint density at radius 1 is 1.62 bits per heavy atom. The highest BCUT2D eigenvalue weighted by Crippen LogP contribution is 2.14. The predicted molar refractivity (Wildman–Crippen MR) is 50.8 cm³/mol. The van der Waals surface area contributed by atoms with Crippen molar-refractivity contribution >= 4 is 0 Å². The number of aromatic amines is 1. The fourth-order valence-corrected chi connectivity index (χ4v) is 2.14. The average Bonchev–Trinajstić information content (AvgIpc) is 2.52. The average molecular weight is 179 g/mol. The number of pyridine rings is 1. The molecule has 0 saturated carbocycles. The van der Waals surface area contributed by atoms with Crippen LogP contribution in [0.4, 0.5) is 0 Å². The molecule has 70 valence electrons. The molecule has 1 saturated heterocycles. The molecule has 2 N–H and O–H groups in total. The molecule has 1 aliphatic rings. The monoisotopic (exact) mass is 179 g/mol. The highest BCUT2D eigenvalue weighted by molar-refractivity contribution is 5.12. The molecule has 0 radical (unpaired) electrons. The van der Waals surface area contributed by atoms with Gasteiger partial charge in [-0.05, 0) is 12.1 Å². The lowest BCUT2D eigenvalue weighted by Crippen LogP contribution is -3.07. The van der Waals surface area contributed by atoms with E-state index in [0.717, 1.165) is 12.0 Å². The molecule has 1 fully saturated rings. The maximum absolute atomic E-state index is 11.5. The van der Waals surface area contributed by atoms with Crippen molar-refractivity contribution in [3.8, 4) is 0 Å². The molecule has 13 heavy (non-hydrogen) atoms. The number of likely N-dealkylation sites (tertiary alicyclic amines) is 1. The second-order valence-electron chi connectivity index (χ2n) is 3.75. The summed E-state index contributed by atoms with van der Waals surface area (Å²) in [6.07, 6.45) is 4.06. The van der Waals surface area contributed by atoms with Gasteiger partial charge in [0, 0.05) is 19.0 Å². The number of hydrogen-bond acceptors (Lipinski definition) is 1. The first-order valence-corrected chi connectivity index (χ1v) is 4.79. The molecule has 3 nitrogen and oxygen atoms in total. The second kappa shape index (κ2) is 3.34. The molecule has 2 atom stereocenters. The molecule has 0 amide bonds. The van der Waals surface area contributed by atoms with Gasteiger partial charge < -0.3 is 9.88 Å². The molecule has 1 unspecified atom stereocenters. The van der Waals surface area contributed by atoms with E-state index in [1.54, 1.807) is 6.20 Å². The van der Waals surface area contributed by atoms with Gasteiger partial charge in [0.05, 0.1) is 19.2 Å². The molecule has 0 aromatic carbocycles. The lowest BCUT2D eigenvalue weighted by Gasteiger charge is -2.15. The summed E-state index contributed by atoms with van der Waals surface area (Å²) in [5.74, 6) is 0. The van der Waals surface area contributed by atoms with Crippen molar-refractivity contribution in [1.29, 1.82) is 0 Å². The third-order valence-corrected chi connectivity index (χ3v) is 2.88. The van der Waals surface area contributed by atoms with E-state index in [1.807, 2.05) is 12.1 Å². The van der Waals surface area contributed by atoms with E-state index in [-0.39, 0.29) is 5.56 Å². The molecular weight excluding hydrogens is 164 g/mol. The zero-order valence-electron chi connectivity index (χ0n) is 7.84. The maximum Gasteiger partial charge on any atom is 0.257 e. The van der Waals surface area contributed by atoms with Gasteiger partial charge in [-0.2, -0.15) is 0 Å². The van der Waals surface area contributed by atoms with E-state index in [0.29, 0.717) is 6.04 Å². The van der Waals surface area contributed by atoms with Gasteiger partial charge >= 0.3 is 0 Å². The van der Waals surface area contributed by atoms with Crippen LogP contribution in [0.1, 0.15) is 24.4 Å². The van der Waals surface area contributed by atoms with E-state index in [9.17, 15) is 4.79 Å². The Labute approximate surface area is 77.4 Å². The highest BCUT2D eigenvalue weighted by Gasteiger charge is 2.28. The Balaban J connectivity index is 2.35. The summed E-state index contributed by atoms with van der Waals surface area (Å²) in [5, 5.41) is 0. The first-order valence-electron chi connectivity index (χ1n) is 4.79. The van der Waals surface area contributed by atoms with E-state index < -0.39 is 0 Å². The zero-order chi connectivity index (χ0) is 9.26. The van der Waals surface area contributed by atoms with Crippen molar-refractivity contribution in [2.24, 2.45) is 0 Å². The summed E-state index contributed by atoms with van der Waals surface area (Å²) in [4.78, 5) is 15.7. The molecule has 1 aliphatic heterocycles. The van der Waals surface area contributed by atoms with Crippen LogP contribution in [-0.2, 0) is 0 Å². The second-order valence-corrected chi connectivity index (χ2v) is 3.75. The minimum absolute atomic E-state index is 0.0775. The molecule has 0 aliphatic carbocycles. The molecule has 2 heterocycles. The highest BCUT2D eigenvalue weighted by atomic mass is 16.1. The van der Waals surface area contributed by atoms with Crippen molar-refractivity contribution in [2.75, 3.05) is 13.6 Å². The Hall–Kier alpha value is -1.09. The van der Waals surface area contributed by atoms with Gasteiger partial charge in [0.2, 0.25) is 0 Å². The summed E-state index contributed by atoms with van der Waals surface area (Å²) in [5.41, 5.74) is 1.02. The standard InChI is InChI=1S/C10H14N2O/c1-12-7-3-5-9(12)8-4-2-6-11-10(8)13/h2,4,6,9H,3,5,7H2,1H3,(H,11,13)/p+1/t9-/m0/s1. The van der Waals surface area contributed by atoms with Crippen LogP contribution in [-0.4, -0.2) is 18.6 Å².